The second kappa shape index (κ2) is 5.05. The molecule has 1 N–H and O–H groups in total. The van der Waals surface area contributed by atoms with Gasteiger partial charge in [0, 0.05) is 24.8 Å². The van der Waals surface area contributed by atoms with Gasteiger partial charge in [-0.2, -0.15) is 0 Å². The number of morpholine rings is 1. The lowest BCUT2D eigenvalue weighted by Crippen LogP contribution is -2.36. The third kappa shape index (κ3) is 2.50. The minimum absolute atomic E-state index is 0.185. The highest BCUT2D eigenvalue weighted by molar-refractivity contribution is 5.91. The van der Waals surface area contributed by atoms with E-state index in [-0.39, 0.29) is 5.56 Å². The van der Waals surface area contributed by atoms with Crippen LogP contribution in [0.3, 0.4) is 0 Å². The first-order chi connectivity index (χ1) is 8.22. The summed E-state index contributed by atoms with van der Waals surface area (Å²) in [4.78, 5) is 13.1. The van der Waals surface area contributed by atoms with Crippen molar-refractivity contribution < 1.29 is 19.4 Å². The normalized spacial score (nSPS) is 15.7. The Morgan fingerprint density at radius 3 is 2.71 bits per heavy atom. The lowest BCUT2D eigenvalue weighted by Gasteiger charge is -2.29. The highest BCUT2D eigenvalue weighted by Crippen LogP contribution is 2.26. The number of hydrogen-bond acceptors (Lipinski definition) is 4. The summed E-state index contributed by atoms with van der Waals surface area (Å²) in [5.41, 5.74) is 1.15. The molecule has 5 heteroatoms. The van der Waals surface area contributed by atoms with Crippen LogP contribution in [-0.4, -0.2) is 44.5 Å². The van der Waals surface area contributed by atoms with E-state index in [9.17, 15) is 4.79 Å². The fraction of sp³-hybridized carbons (Fsp3) is 0.417. The van der Waals surface area contributed by atoms with Gasteiger partial charge >= 0.3 is 5.97 Å². The van der Waals surface area contributed by atoms with Crippen LogP contribution in [0.5, 0.6) is 5.75 Å². The van der Waals surface area contributed by atoms with Gasteiger partial charge in [0.05, 0.1) is 20.3 Å². The molecule has 1 aliphatic rings. The SMILES string of the molecule is COc1cc(N2CCOCC2)ccc1C(=O)O. The summed E-state index contributed by atoms with van der Waals surface area (Å²) in [6.07, 6.45) is 0. The molecule has 0 amide bonds. The van der Waals surface area contributed by atoms with Crippen molar-refractivity contribution in [3.05, 3.63) is 23.8 Å². The molecular weight excluding hydrogens is 222 g/mol. The number of benzene rings is 1. The molecule has 2 rings (SSSR count). The van der Waals surface area contributed by atoms with Crippen LogP contribution in [-0.2, 0) is 4.74 Å². The van der Waals surface area contributed by atoms with Crippen LogP contribution in [0.4, 0.5) is 5.69 Å². The van der Waals surface area contributed by atoms with E-state index in [2.05, 4.69) is 4.90 Å². The van der Waals surface area contributed by atoms with Crippen molar-refractivity contribution in [2.24, 2.45) is 0 Å². The third-order valence-corrected chi connectivity index (χ3v) is 2.79. The second-order valence-electron chi connectivity index (χ2n) is 3.79. The van der Waals surface area contributed by atoms with Crippen molar-refractivity contribution in [2.75, 3.05) is 38.3 Å². The predicted octanol–water partition coefficient (Wildman–Crippen LogP) is 1.23. The molecule has 0 aliphatic carbocycles. The lowest BCUT2D eigenvalue weighted by atomic mass is 10.1. The maximum atomic E-state index is 11.0. The van der Waals surface area contributed by atoms with E-state index in [1.165, 1.54) is 7.11 Å². The molecule has 0 aromatic heterocycles. The molecule has 1 aliphatic heterocycles. The van der Waals surface area contributed by atoms with Crippen molar-refractivity contribution in [2.45, 2.75) is 0 Å². The molecule has 17 heavy (non-hydrogen) atoms. The predicted molar refractivity (Wildman–Crippen MR) is 63.0 cm³/mol. The van der Waals surface area contributed by atoms with Crippen LogP contribution in [0.15, 0.2) is 18.2 Å². The average Bonchev–Trinajstić information content (AvgIpc) is 2.39. The second-order valence-corrected chi connectivity index (χ2v) is 3.79. The maximum Gasteiger partial charge on any atom is 0.339 e. The van der Waals surface area contributed by atoms with E-state index < -0.39 is 5.97 Å². The number of anilines is 1. The minimum atomic E-state index is -0.977. The van der Waals surface area contributed by atoms with Crippen molar-refractivity contribution in [1.82, 2.24) is 0 Å². The summed E-state index contributed by atoms with van der Waals surface area (Å²) >= 11 is 0. The van der Waals surface area contributed by atoms with Gasteiger partial charge in [-0.15, -0.1) is 0 Å². The van der Waals surface area contributed by atoms with E-state index >= 15 is 0 Å². The van der Waals surface area contributed by atoms with E-state index in [0.29, 0.717) is 19.0 Å². The van der Waals surface area contributed by atoms with Crippen LogP contribution < -0.4 is 9.64 Å². The Hall–Kier alpha value is -1.75. The first kappa shape index (κ1) is 11.7. The summed E-state index contributed by atoms with van der Waals surface area (Å²) in [6, 6.07) is 5.14. The van der Waals surface area contributed by atoms with Crippen molar-refractivity contribution in [3.8, 4) is 5.75 Å². The minimum Gasteiger partial charge on any atom is -0.496 e. The van der Waals surface area contributed by atoms with Gasteiger partial charge in [-0.05, 0) is 12.1 Å². The van der Waals surface area contributed by atoms with E-state index in [1.807, 2.05) is 0 Å². The Kier molecular flexibility index (Phi) is 3.49. The lowest BCUT2D eigenvalue weighted by molar-refractivity contribution is 0.0693. The zero-order valence-electron chi connectivity index (χ0n) is 9.68. The largest absolute Gasteiger partial charge is 0.496 e. The van der Waals surface area contributed by atoms with Crippen LogP contribution in [0.1, 0.15) is 10.4 Å². The monoisotopic (exact) mass is 237 g/mol. The fourth-order valence-electron chi connectivity index (χ4n) is 1.87. The van der Waals surface area contributed by atoms with Crippen LogP contribution >= 0.6 is 0 Å². The molecular formula is C12H15NO4. The number of aromatic carboxylic acids is 1. The van der Waals surface area contributed by atoms with Gasteiger partial charge < -0.3 is 19.5 Å². The zero-order valence-corrected chi connectivity index (χ0v) is 9.68. The number of nitrogens with zero attached hydrogens (tertiary/aromatic N) is 1. The topological polar surface area (TPSA) is 59.0 Å². The Bertz CT molecular complexity index is 413. The molecule has 5 nitrogen and oxygen atoms in total. The van der Waals surface area contributed by atoms with Crippen LogP contribution in [0, 0.1) is 0 Å². The standard InChI is InChI=1S/C12H15NO4/c1-16-11-8-9(2-3-10(11)12(14)15)13-4-6-17-7-5-13/h2-3,8H,4-7H2,1H3,(H,14,15). The number of ether oxygens (including phenoxy) is 2. The van der Waals surface area contributed by atoms with Gasteiger partial charge in [0.2, 0.25) is 0 Å². The summed E-state index contributed by atoms with van der Waals surface area (Å²) in [5, 5.41) is 8.98. The molecule has 1 saturated heterocycles. The fourth-order valence-corrected chi connectivity index (χ4v) is 1.87. The number of methoxy groups -OCH3 is 1. The Morgan fingerprint density at radius 2 is 2.12 bits per heavy atom. The number of rotatable bonds is 3. The molecule has 92 valence electrons. The quantitative estimate of drug-likeness (QED) is 0.856. The number of carboxylic acid groups (broad SMARTS) is 1. The molecule has 0 radical (unpaired) electrons. The van der Waals surface area contributed by atoms with E-state index in [1.54, 1.807) is 18.2 Å². The van der Waals surface area contributed by atoms with E-state index in [4.69, 9.17) is 14.6 Å². The molecule has 0 bridgehead atoms. The van der Waals surface area contributed by atoms with Gasteiger partial charge in [0.15, 0.2) is 0 Å². The van der Waals surface area contributed by atoms with Crippen molar-refractivity contribution in [1.29, 1.82) is 0 Å². The number of carbonyl (C=O) groups is 1. The molecule has 1 aromatic carbocycles. The highest BCUT2D eigenvalue weighted by atomic mass is 16.5. The summed E-state index contributed by atoms with van der Waals surface area (Å²) < 4.78 is 10.4. The molecule has 1 heterocycles. The van der Waals surface area contributed by atoms with Crippen molar-refractivity contribution in [3.63, 3.8) is 0 Å². The van der Waals surface area contributed by atoms with Crippen molar-refractivity contribution >= 4 is 11.7 Å². The molecule has 0 spiro atoms. The number of hydrogen-bond donors (Lipinski definition) is 1. The molecule has 0 saturated carbocycles. The van der Waals surface area contributed by atoms with Gasteiger partial charge in [-0.3, -0.25) is 0 Å². The van der Waals surface area contributed by atoms with E-state index in [0.717, 1.165) is 18.8 Å². The summed E-state index contributed by atoms with van der Waals surface area (Å²) in [7, 11) is 1.48. The Morgan fingerprint density at radius 1 is 1.41 bits per heavy atom. The van der Waals surface area contributed by atoms with Gasteiger partial charge in [-0.1, -0.05) is 0 Å². The third-order valence-electron chi connectivity index (χ3n) is 2.79. The smallest absolute Gasteiger partial charge is 0.339 e. The summed E-state index contributed by atoms with van der Waals surface area (Å²) in [6.45, 7) is 3.02. The Balaban J connectivity index is 2.27. The number of carboxylic acids is 1. The van der Waals surface area contributed by atoms with Crippen LogP contribution in [0.25, 0.3) is 0 Å². The molecule has 1 aromatic rings. The highest BCUT2D eigenvalue weighted by Gasteiger charge is 2.15. The summed E-state index contributed by atoms with van der Waals surface area (Å²) in [5.74, 6) is -0.586. The van der Waals surface area contributed by atoms with Gasteiger partial charge in [0.25, 0.3) is 0 Å². The zero-order chi connectivity index (χ0) is 12.3. The first-order valence-corrected chi connectivity index (χ1v) is 5.46. The first-order valence-electron chi connectivity index (χ1n) is 5.46. The average molecular weight is 237 g/mol. The van der Waals surface area contributed by atoms with Gasteiger partial charge in [0.1, 0.15) is 11.3 Å². The van der Waals surface area contributed by atoms with Gasteiger partial charge in [-0.25, -0.2) is 4.79 Å². The molecule has 0 atom stereocenters. The maximum absolute atomic E-state index is 11.0. The Labute approximate surface area is 99.6 Å². The molecule has 0 unspecified atom stereocenters. The molecule has 1 fully saturated rings. The van der Waals surface area contributed by atoms with Crippen LogP contribution in [0.2, 0.25) is 0 Å².